The van der Waals surface area contributed by atoms with Gasteiger partial charge < -0.3 is 21.7 Å². The van der Waals surface area contributed by atoms with Crippen LogP contribution in [0, 0.1) is 0 Å². The number of nitrogens with one attached hydrogen (secondary N) is 1. The van der Waals surface area contributed by atoms with Gasteiger partial charge in [-0.2, -0.15) is 0 Å². The van der Waals surface area contributed by atoms with Gasteiger partial charge in [0.05, 0.1) is 6.54 Å². The average Bonchev–Trinajstić information content (AvgIpc) is 2.75. The van der Waals surface area contributed by atoms with Crippen molar-refractivity contribution in [3.63, 3.8) is 0 Å². The zero-order valence-electron chi connectivity index (χ0n) is 10.9. The molecule has 0 aromatic carbocycles. The lowest BCUT2D eigenvalue weighted by Crippen LogP contribution is -2.52. The summed E-state index contributed by atoms with van der Waals surface area (Å²) in [5, 5.41) is 3.08. The maximum atomic E-state index is 11.9. The van der Waals surface area contributed by atoms with E-state index in [1.54, 1.807) is 4.90 Å². The minimum absolute atomic E-state index is 0. The van der Waals surface area contributed by atoms with Gasteiger partial charge in [0, 0.05) is 18.6 Å². The fourth-order valence-electron chi connectivity index (χ4n) is 1.85. The normalized spacial score (nSPS) is 19.5. The molecular weight excluding hydrogens is 256 g/mol. The summed E-state index contributed by atoms with van der Waals surface area (Å²) < 4.78 is 0. The molecule has 1 heterocycles. The molecular formula is C11H23ClN4O2. The molecule has 5 N–H and O–H groups in total. The Morgan fingerprint density at radius 3 is 2.56 bits per heavy atom. The van der Waals surface area contributed by atoms with Gasteiger partial charge in [-0.15, -0.1) is 12.4 Å². The summed E-state index contributed by atoms with van der Waals surface area (Å²) in [5.41, 5.74) is 10.5. The molecule has 106 valence electrons. The van der Waals surface area contributed by atoms with Crippen LogP contribution in [0.1, 0.15) is 26.7 Å². The number of carbonyl (C=O) groups excluding carboxylic acids is 2. The Morgan fingerprint density at radius 2 is 2.06 bits per heavy atom. The van der Waals surface area contributed by atoms with E-state index in [0.717, 1.165) is 6.42 Å². The summed E-state index contributed by atoms with van der Waals surface area (Å²) in [4.78, 5) is 24.7. The topological polar surface area (TPSA) is 101 Å². The van der Waals surface area contributed by atoms with Gasteiger partial charge in [0.2, 0.25) is 11.8 Å². The number of hydrogen-bond acceptors (Lipinski definition) is 4. The standard InChI is InChI=1S/C11H22N4O2.ClH/c1-11(2,7-12)14-6-9(16)15-5-3-4-8(15)10(13)17;/h8,14H,3-7,12H2,1-2H3,(H2,13,17);1H/t8-;/m0./s1. The van der Waals surface area contributed by atoms with E-state index < -0.39 is 11.9 Å². The Hall–Kier alpha value is -0.850. The van der Waals surface area contributed by atoms with Gasteiger partial charge in [0.25, 0.3) is 0 Å². The van der Waals surface area contributed by atoms with E-state index in [1.807, 2.05) is 13.8 Å². The Labute approximate surface area is 114 Å². The highest BCUT2D eigenvalue weighted by molar-refractivity contribution is 5.88. The molecule has 6 nitrogen and oxygen atoms in total. The van der Waals surface area contributed by atoms with Crippen LogP contribution in [0.15, 0.2) is 0 Å². The molecule has 0 unspecified atom stereocenters. The van der Waals surface area contributed by atoms with Crippen molar-refractivity contribution in [1.29, 1.82) is 0 Å². The second kappa shape index (κ2) is 6.92. The van der Waals surface area contributed by atoms with Crippen molar-refractivity contribution in [2.24, 2.45) is 11.5 Å². The molecule has 2 amide bonds. The number of carbonyl (C=O) groups is 2. The molecule has 0 aromatic rings. The Kier molecular flexibility index (Phi) is 6.59. The maximum Gasteiger partial charge on any atom is 0.240 e. The lowest BCUT2D eigenvalue weighted by atomic mass is 10.1. The van der Waals surface area contributed by atoms with Crippen molar-refractivity contribution in [2.75, 3.05) is 19.6 Å². The molecule has 1 rings (SSSR count). The molecule has 0 saturated carbocycles. The first-order chi connectivity index (χ1) is 7.87. The first kappa shape index (κ1) is 17.2. The summed E-state index contributed by atoms with van der Waals surface area (Å²) in [6.45, 7) is 5.09. The van der Waals surface area contributed by atoms with Gasteiger partial charge in [-0.1, -0.05) is 0 Å². The van der Waals surface area contributed by atoms with Gasteiger partial charge >= 0.3 is 0 Å². The minimum atomic E-state index is -0.440. The van der Waals surface area contributed by atoms with Gasteiger partial charge in [0.15, 0.2) is 0 Å². The predicted molar refractivity (Wildman–Crippen MR) is 72.3 cm³/mol. The van der Waals surface area contributed by atoms with Crippen molar-refractivity contribution < 1.29 is 9.59 Å². The average molecular weight is 279 g/mol. The molecule has 0 aliphatic carbocycles. The number of hydrogen-bond donors (Lipinski definition) is 3. The molecule has 1 fully saturated rings. The molecule has 7 heteroatoms. The number of rotatable bonds is 5. The number of nitrogens with two attached hydrogens (primary N) is 2. The molecule has 18 heavy (non-hydrogen) atoms. The third-order valence-corrected chi connectivity index (χ3v) is 3.13. The van der Waals surface area contributed by atoms with Crippen molar-refractivity contribution in [1.82, 2.24) is 10.2 Å². The van der Waals surface area contributed by atoms with Crippen LogP contribution in [-0.4, -0.2) is 47.9 Å². The van der Waals surface area contributed by atoms with Crippen molar-refractivity contribution in [3.05, 3.63) is 0 Å². The SMILES string of the molecule is CC(C)(CN)NCC(=O)N1CCC[C@H]1C(N)=O.Cl. The van der Waals surface area contributed by atoms with Crippen molar-refractivity contribution in [2.45, 2.75) is 38.3 Å². The Balaban J connectivity index is 0.00000289. The quantitative estimate of drug-likeness (QED) is 0.613. The first-order valence-corrected chi connectivity index (χ1v) is 5.91. The summed E-state index contributed by atoms with van der Waals surface area (Å²) in [5.74, 6) is -0.512. The maximum absolute atomic E-state index is 11.9. The second-order valence-corrected chi connectivity index (χ2v) is 5.09. The van der Waals surface area contributed by atoms with E-state index in [2.05, 4.69) is 5.32 Å². The molecule has 1 saturated heterocycles. The van der Waals surface area contributed by atoms with Crippen LogP contribution in [0.2, 0.25) is 0 Å². The van der Waals surface area contributed by atoms with Crippen molar-refractivity contribution in [3.8, 4) is 0 Å². The number of likely N-dealkylation sites (tertiary alicyclic amines) is 1. The second-order valence-electron chi connectivity index (χ2n) is 5.09. The fraction of sp³-hybridized carbons (Fsp3) is 0.818. The minimum Gasteiger partial charge on any atom is -0.368 e. The monoisotopic (exact) mass is 278 g/mol. The highest BCUT2D eigenvalue weighted by Gasteiger charge is 2.32. The van der Waals surface area contributed by atoms with Crippen LogP contribution in [0.3, 0.4) is 0 Å². The zero-order valence-corrected chi connectivity index (χ0v) is 11.8. The predicted octanol–water partition coefficient (Wildman–Crippen LogP) is -0.789. The summed E-state index contributed by atoms with van der Waals surface area (Å²) in [6.07, 6.45) is 1.50. The van der Waals surface area contributed by atoms with Crippen LogP contribution < -0.4 is 16.8 Å². The van der Waals surface area contributed by atoms with Crippen LogP contribution in [0.25, 0.3) is 0 Å². The third kappa shape index (κ3) is 4.44. The number of nitrogens with zero attached hydrogens (tertiary/aromatic N) is 1. The van der Waals surface area contributed by atoms with Crippen LogP contribution in [0.5, 0.6) is 0 Å². The highest BCUT2D eigenvalue weighted by Crippen LogP contribution is 2.16. The van der Waals surface area contributed by atoms with Crippen LogP contribution in [-0.2, 0) is 9.59 Å². The molecule has 0 spiro atoms. The third-order valence-electron chi connectivity index (χ3n) is 3.13. The van der Waals surface area contributed by atoms with E-state index in [1.165, 1.54) is 0 Å². The fourth-order valence-corrected chi connectivity index (χ4v) is 1.85. The lowest BCUT2D eigenvalue weighted by Gasteiger charge is -2.27. The highest BCUT2D eigenvalue weighted by atomic mass is 35.5. The summed E-state index contributed by atoms with van der Waals surface area (Å²) in [7, 11) is 0. The van der Waals surface area contributed by atoms with E-state index >= 15 is 0 Å². The molecule has 0 bridgehead atoms. The first-order valence-electron chi connectivity index (χ1n) is 5.91. The van der Waals surface area contributed by atoms with E-state index in [4.69, 9.17) is 11.5 Å². The Morgan fingerprint density at radius 1 is 1.44 bits per heavy atom. The summed E-state index contributed by atoms with van der Waals surface area (Å²) in [6, 6.07) is -0.440. The number of primary amides is 1. The summed E-state index contributed by atoms with van der Waals surface area (Å²) >= 11 is 0. The molecule has 1 aliphatic rings. The molecule has 1 atom stereocenters. The van der Waals surface area contributed by atoms with Crippen LogP contribution >= 0.6 is 12.4 Å². The smallest absolute Gasteiger partial charge is 0.240 e. The van der Waals surface area contributed by atoms with Gasteiger partial charge in [0.1, 0.15) is 6.04 Å². The van der Waals surface area contributed by atoms with E-state index in [-0.39, 0.29) is 30.4 Å². The van der Waals surface area contributed by atoms with Crippen LogP contribution in [0.4, 0.5) is 0 Å². The molecule has 0 aromatic heterocycles. The number of halogens is 1. The lowest BCUT2D eigenvalue weighted by molar-refractivity contribution is -0.136. The molecule has 0 radical (unpaired) electrons. The van der Waals surface area contributed by atoms with E-state index in [9.17, 15) is 9.59 Å². The molecule has 1 aliphatic heterocycles. The van der Waals surface area contributed by atoms with Crippen molar-refractivity contribution >= 4 is 24.2 Å². The van der Waals surface area contributed by atoms with Gasteiger partial charge in [-0.3, -0.25) is 9.59 Å². The van der Waals surface area contributed by atoms with Gasteiger partial charge in [-0.25, -0.2) is 0 Å². The Bertz CT molecular complexity index is 309. The van der Waals surface area contributed by atoms with Gasteiger partial charge in [-0.05, 0) is 26.7 Å². The van der Waals surface area contributed by atoms with E-state index in [0.29, 0.717) is 19.5 Å². The largest absolute Gasteiger partial charge is 0.368 e. The number of amides is 2. The zero-order chi connectivity index (χ0) is 13.1.